The fourth-order valence-electron chi connectivity index (χ4n) is 3.26. The van der Waals surface area contributed by atoms with Crippen molar-refractivity contribution in [1.29, 1.82) is 0 Å². The van der Waals surface area contributed by atoms with Gasteiger partial charge in [-0.25, -0.2) is 12.8 Å². The van der Waals surface area contributed by atoms with Crippen molar-refractivity contribution in [1.82, 2.24) is 4.72 Å². The van der Waals surface area contributed by atoms with E-state index in [4.69, 9.17) is 11.6 Å². The third kappa shape index (κ3) is 6.38. The number of halogens is 2. The molecule has 0 fully saturated rings. The van der Waals surface area contributed by atoms with Crippen LogP contribution in [0.3, 0.4) is 0 Å². The molecule has 0 aliphatic heterocycles. The van der Waals surface area contributed by atoms with Gasteiger partial charge < -0.3 is 4.74 Å². The average Bonchev–Trinajstić information content (AvgIpc) is 2.78. The van der Waals surface area contributed by atoms with Gasteiger partial charge in [0.1, 0.15) is 5.82 Å². The minimum Gasteiger partial charge on any atom is -0.469 e. The summed E-state index contributed by atoms with van der Waals surface area (Å²) in [6, 6.07) is 18.3. The number of sulfonamides is 1. The number of hydrogen-bond acceptors (Lipinski definition) is 4. The van der Waals surface area contributed by atoms with Crippen molar-refractivity contribution in [2.45, 2.75) is 30.2 Å². The highest BCUT2D eigenvalue weighted by Crippen LogP contribution is 2.26. The largest absolute Gasteiger partial charge is 0.469 e. The van der Waals surface area contributed by atoms with Crippen LogP contribution in [-0.2, 0) is 26.0 Å². The first-order valence-electron chi connectivity index (χ1n) is 9.97. The van der Waals surface area contributed by atoms with E-state index in [1.54, 1.807) is 24.3 Å². The molecule has 3 aromatic rings. The summed E-state index contributed by atoms with van der Waals surface area (Å²) >= 11 is 5.96. The molecule has 0 saturated heterocycles. The first-order chi connectivity index (χ1) is 15.3. The lowest BCUT2D eigenvalue weighted by molar-refractivity contribution is -0.140. The minimum absolute atomic E-state index is 0.0385. The lowest BCUT2D eigenvalue weighted by atomic mass is 9.97. The lowest BCUT2D eigenvalue weighted by Gasteiger charge is -2.20. The van der Waals surface area contributed by atoms with E-state index in [2.05, 4.69) is 9.46 Å². The molecule has 0 heterocycles. The zero-order valence-electron chi connectivity index (χ0n) is 17.4. The molecule has 0 bridgehead atoms. The van der Waals surface area contributed by atoms with Crippen molar-refractivity contribution in [2.75, 3.05) is 7.11 Å². The van der Waals surface area contributed by atoms with E-state index in [0.717, 1.165) is 5.56 Å². The van der Waals surface area contributed by atoms with E-state index in [-0.39, 0.29) is 10.9 Å². The Morgan fingerprint density at radius 3 is 2.25 bits per heavy atom. The van der Waals surface area contributed by atoms with Crippen LogP contribution in [0.1, 0.15) is 35.6 Å². The predicted molar refractivity (Wildman–Crippen MR) is 121 cm³/mol. The predicted octanol–water partition coefficient (Wildman–Crippen LogP) is 5.04. The Morgan fingerprint density at radius 1 is 1.03 bits per heavy atom. The van der Waals surface area contributed by atoms with E-state index < -0.39 is 21.9 Å². The molecular weight excluding hydrogens is 453 g/mol. The van der Waals surface area contributed by atoms with Gasteiger partial charge in [-0.2, -0.15) is 4.72 Å². The molecule has 0 aliphatic rings. The molecule has 0 spiro atoms. The quantitative estimate of drug-likeness (QED) is 0.440. The molecule has 3 rings (SSSR count). The van der Waals surface area contributed by atoms with E-state index >= 15 is 0 Å². The zero-order chi connectivity index (χ0) is 23.1. The number of rotatable bonds is 9. The van der Waals surface area contributed by atoms with Crippen molar-refractivity contribution in [3.8, 4) is 0 Å². The summed E-state index contributed by atoms with van der Waals surface area (Å²) in [5, 5.41) is 0.308. The maximum absolute atomic E-state index is 13.5. The van der Waals surface area contributed by atoms with Crippen molar-refractivity contribution >= 4 is 27.6 Å². The number of aryl methyl sites for hydroxylation is 1. The molecule has 1 unspecified atom stereocenters. The summed E-state index contributed by atoms with van der Waals surface area (Å²) in [6.07, 6.45) is 1.66. The van der Waals surface area contributed by atoms with Gasteiger partial charge in [0.05, 0.1) is 18.0 Å². The van der Waals surface area contributed by atoms with Crippen LogP contribution in [0.4, 0.5) is 4.39 Å². The van der Waals surface area contributed by atoms with Gasteiger partial charge in [0, 0.05) is 11.4 Å². The number of benzene rings is 3. The molecule has 32 heavy (non-hydrogen) atoms. The number of ether oxygens (including phenoxy) is 1. The Labute approximate surface area is 192 Å². The van der Waals surface area contributed by atoms with Gasteiger partial charge in [0.15, 0.2) is 0 Å². The van der Waals surface area contributed by atoms with E-state index in [1.807, 2.05) is 24.3 Å². The summed E-state index contributed by atoms with van der Waals surface area (Å²) < 4.78 is 46.9. The maximum Gasteiger partial charge on any atom is 0.305 e. The molecule has 168 valence electrons. The van der Waals surface area contributed by atoms with E-state index in [1.165, 1.54) is 31.4 Å². The van der Waals surface area contributed by atoms with Crippen LogP contribution >= 0.6 is 11.6 Å². The fourth-order valence-corrected chi connectivity index (χ4v) is 4.77. The van der Waals surface area contributed by atoms with E-state index in [0.29, 0.717) is 35.4 Å². The molecule has 5 nitrogen and oxygen atoms in total. The third-order valence-corrected chi connectivity index (χ3v) is 6.63. The van der Waals surface area contributed by atoms with Crippen LogP contribution in [-0.4, -0.2) is 21.5 Å². The Hall–Kier alpha value is -2.74. The number of carbonyl (C=O) groups excluding carboxylic acids is 1. The van der Waals surface area contributed by atoms with Crippen LogP contribution in [0.2, 0.25) is 5.02 Å². The first kappa shape index (κ1) is 23.9. The number of carbonyl (C=O) groups is 1. The monoisotopic (exact) mass is 475 g/mol. The summed E-state index contributed by atoms with van der Waals surface area (Å²) in [5.41, 5.74) is 2.29. The van der Waals surface area contributed by atoms with Gasteiger partial charge in [-0.05, 0) is 59.9 Å². The van der Waals surface area contributed by atoms with Crippen LogP contribution in [0.5, 0.6) is 0 Å². The third-order valence-electron chi connectivity index (χ3n) is 4.97. The summed E-state index contributed by atoms with van der Waals surface area (Å²) in [5.74, 6) is -0.667. The fraction of sp³-hybridized carbons (Fsp3) is 0.208. The second-order valence-corrected chi connectivity index (χ2v) is 9.38. The van der Waals surface area contributed by atoms with Gasteiger partial charge in [0.2, 0.25) is 10.0 Å². The van der Waals surface area contributed by atoms with Crippen molar-refractivity contribution in [3.63, 3.8) is 0 Å². The normalized spacial score (nSPS) is 12.3. The van der Waals surface area contributed by atoms with Gasteiger partial charge in [0.25, 0.3) is 0 Å². The first-order valence-corrected chi connectivity index (χ1v) is 11.8. The SMILES string of the molecule is COC(=O)CCCc1ccc(C(NS(=O)(=O)c2cccc(Cl)c2)c2ccc(F)cc2)cc1. The van der Waals surface area contributed by atoms with Gasteiger partial charge >= 0.3 is 5.97 Å². The topological polar surface area (TPSA) is 72.5 Å². The number of methoxy groups -OCH3 is 1. The van der Waals surface area contributed by atoms with Crippen LogP contribution < -0.4 is 4.72 Å². The minimum atomic E-state index is -3.90. The Balaban J connectivity index is 1.87. The van der Waals surface area contributed by atoms with Crippen molar-refractivity contribution in [3.05, 3.63) is 100 Å². The summed E-state index contributed by atoms with van der Waals surface area (Å²) in [6.45, 7) is 0. The van der Waals surface area contributed by atoms with Gasteiger partial charge in [-0.15, -0.1) is 0 Å². The lowest BCUT2D eigenvalue weighted by Crippen LogP contribution is -2.29. The molecule has 0 amide bonds. The van der Waals surface area contributed by atoms with Crippen LogP contribution in [0.25, 0.3) is 0 Å². The number of esters is 1. The summed E-state index contributed by atoms with van der Waals surface area (Å²) in [4.78, 5) is 11.3. The highest BCUT2D eigenvalue weighted by Gasteiger charge is 2.23. The van der Waals surface area contributed by atoms with Crippen molar-refractivity contribution in [2.24, 2.45) is 0 Å². The number of hydrogen-bond donors (Lipinski definition) is 1. The second-order valence-electron chi connectivity index (χ2n) is 7.23. The molecule has 0 radical (unpaired) electrons. The zero-order valence-corrected chi connectivity index (χ0v) is 19.0. The smallest absolute Gasteiger partial charge is 0.305 e. The Bertz CT molecular complexity index is 1170. The highest BCUT2D eigenvalue weighted by atomic mass is 35.5. The summed E-state index contributed by atoms with van der Waals surface area (Å²) in [7, 11) is -2.55. The maximum atomic E-state index is 13.5. The molecule has 0 aromatic heterocycles. The van der Waals surface area contributed by atoms with E-state index in [9.17, 15) is 17.6 Å². The molecule has 0 aliphatic carbocycles. The van der Waals surface area contributed by atoms with Gasteiger partial charge in [-0.1, -0.05) is 54.1 Å². The van der Waals surface area contributed by atoms with Crippen LogP contribution in [0.15, 0.2) is 77.7 Å². The molecule has 1 N–H and O–H groups in total. The van der Waals surface area contributed by atoms with Crippen molar-refractivity contribution < 1.29 is 22.3 Å². The second kappa shape index (κ2) is 10.7. The molecule has 1 atom stereocenters. The Kier molecular flexibility index (Phi) is 8.01. The standard InChI is InChI=1S/C24H23ClFNO4S/c1-31-23(28)7-2-4-17-8-10-18(11-9-17)24(19-12-14-21(26)15-13-19)27-32(29,30)22-6-3-5-20(25)16-22/h3,5-6,8-16,24,27H,2,4,7H2,1H3. The molecule has 8 heteroatoms. The van der Waals surface area contributed by atoms with Crippen LogP contribution in [0, 0.1) is 5.82 Å². The van der Waals surface area contributed by atoms with Gasteiger partial charge in [-0.3, -0.25) is 4.79 Å². The highest BCUT2D eigenvalue weighted by molar-refractivity contribution is 7.89. The molecule has 3 aromatic carbocycles. The average molecular weight is 476 g/mol. The number of nitrogens with one attached hydrogen (secondary N) is 1. The molecule has 0 saturated carbocycles. The molecular formula is C24H23ClFNO4S. The Morgan fingerprint density at radius 2 is 1.66 bits per heavy atom.